The fraction of sp³-hybridized carbons (Fsp3) is 0.529. The number of aliphatic hydroxyl groups excluding tert-OH is 1. The molecule has 3 rings (SSSR count). The van der Waals surface area contributed by atoms with Crippen LogP contribution in [0.2, 0.25) is 0 Å². The second kappa shape index (κ2) is 7.19. The van der Waals surface area contributed by atoms with Crippen LogP contribution in [0.3, 0.4) is 0 Å². The van der Waals surface area contributed by atoms with Crippen molar-refractivity contribution in [3.8, 4) is 5.75 Å². The number of aliphatic hydroxyl groups is 1. The first-order valence-corrected chi connectivity index (χ1v) is 8.06. The van der Waals surface area contributed by atoms with Crippen molar-refractivity contribution in [2.45, 2.75) is 25.4 Å². The van der Waals surface area contributed by atoms with Gasteiger partial charge in [0.2, 0.25) is 0 Å². The van der Waals surface area contributed by atoms with Crippen LogP contribution >= 0.6 is 0 Å². The second-order valence-corrected chi connectivity index (χ2v) is 6.16. The number of β-amino-alcohol motifs (C(OH)–C–C–N with tert-alkyl or cyclic N) is 1. The summed E-state index contributed by atoms with van der Waals surface area (Å²) in [4.78, 5) is 29.5. The molecule has 2 fully saturated rings. The first-order chi connectivity index (χ1) is 11.6. The van der Waals surface area contributed by atoms with Gasteiger partial charge in [0.25, 0.3) is 5.91 Å². The lowest BCUT2D eigenvalue weighted by Crippen LogP contribution is -2.28. The third-order valence-electron chi connectivity index (χ3n) is 4.31. The van der Waals surface area contributed by atoms with Crippen molar-refractivity contribution in [1.82, 2.24) is 5.06 Å². The van der Waals surface area contributed by atoms with Gasteiger partial charge in [0.05, 0.1) is 25.8 Å². The molecule has 130 valence electrons. The van der Waals surface area contributed by atoms with Gasteiger partial charge in [0.15, 0.2) is 0 Å². The number of hydrogen-bond donors (Lipinski definition) is 1. The van der Waals surface area contributed by atoms with E-state index in [9.17, 15) is 14.7 Å². The number of rotatable bonds is 5. The number of hydroxylamine groups is 2. The van der Waals surface area contributed by atoms with E-state index in [4.69, 9.17) is 14.3 Å². The van der Waals surface area contributed by atoms with Crippen LogP contribution < -0.4 is 4.74 Å². The molecule has 1 atom stereocenters. The minimum Gasteiger partial charge on any atom is -0.493 e. The first-order valence-electron chi connectivity index (χ1n) is 8.06. The third kappa shape index (κ3) is 3.68. The topological polar surface area (TPSA) is 85.3 Å². The molecule has 1 saturated carbocycles. The molecule has 0 bridgehead atoms. The Morgan fingerprint density at radius 3 is 2.62 bits per heavy atom. The Morgan fingerprint density at radius 1 is 1.29 bits per heavy atom. The molecule has 1 unspecified atom stereocenters. The smallest absolute Gasteiger partial charge is 0.338 e. The number of esters is 1. The average Bonchev–Trinajstić information content (AvgIpc) is 2.98. The molecule has 1 heterocycles. The summed E-state index contributed by atoms with van der Waals surface area (Å²) in [6.45, 7) is 0.740. The lowest BCUT2D eigenvalue weighted by Gasteiger charge is -2.25. The van der Waals surface area contributed by atoms with Gasteiger partial charge in [-0.2, -0.15) is 0 Å². The van der Waals surface area contributed by atoms with Crippen molar-refractivity contribution in [3.63, 3.8) is 0 Å². The highest BCUT2D eigenvalue weighted by molar-refractivity contribution is 5.98. The predicted molar refractivity (Wildman–Crippen MR) is 83.6 cm³/mol. The first kappa shape index (κ1) is 16.7. The molecule has 1 saturated heterocycles. The quantitative estimate of drug-likeness (QED) is 0.819. The minimum atomic E-state index is -0.702. The van der Waals surface area contributed by atoms with Gasteiger partial charge in [0.1, 0.15) is 18.5 Å². The standard InChI is InChI=1S/C17H21NO6/c1-22-17(21)13-5-12(16(20)18-8-14(19)10-24-18)6-15(7-13)23-9-11-3-2-4-11/h5-7,11,14,19H,2-4,8-10H2,1H3. The van der Waals surface area contributed by atoms with Crippen LogP contribution in [0.5, 0.6) is 5.75 Å². The highest BCUT2D eigenvalue weighted by Crippen LogP contribution is 2.28. The zero-order valence-electron chi connectivity index (χ0n) is 13.6. The fourth-order valence-corrected chi connectivity index (χ4v) is 2.67. The molecule has 1 aromatic carbocycles. The van der Waals surface area contributed by atoms with Crippen LogP contribution in [0.15, 0.2) is 18.2 Å². The molecular formula is C17H21NO6. The van der Waals surface area contributed by atoms with Gasteiger partial charge in [-0.1, -0.05) is 6.42 Å². The van der Waals surface area contributed by atoms with E-state index < -0.39 is 18.0 Å². The summed E-state index contributed by atoms with van der Waals surface area (Å²) >= 11 is 0. The average molecular weight is 335 g/mol. The van der Waals surface area contributed by atoms with Gasteiger partial charge in [-0.25, -0.2) is 9.86 Å². The summed E-state index contributed by atoms with van der Waals surface area (Å²) in [6, 6.07) is 4.60. The van der Waals surface area contributed by atoms with Gasteiger partial charge in [-0.15, -0.1) is 0 Å². The number of carbonyl (C=O) groups is 2. The fourth-order valence-electron chi connectivity index (χ4n) is 2.67. The number of carbonyl (C=O) groups excluding carboxylic acids is 2. The van der Waals surface area contributed by atoms with Crippen molar-refractivity contribution in [2.24, 2.45) is 5.92 Å². The zero-order chi connectivity index (χ0) is 17.1. The normalized spacial score (nSPS) is 20.6. The number of nitrogens with zero attached hydrogens (tertiary/aromatic N) is 1. The highest BCUT2D eigenvalue weighted by atomic mass is 16.7. The Balaban J connectivity index is 1.80. The largest absolute Gasteiger partial charge is 0.493 e. The molecule has 1 aliphatic carbocycles. The van der Waals surface area contributed by atoms with E-state index in [0.717, 1.165) is 17.9 Å². The molecule has 24 heavy (non-hydrogen) atoms. The summed E-state index contributed by atoms with van der Waals surface area (Å²) in [6.07, 6.45) is 2.80. The van der Waals surface area contributed by atoms with E-state index in [1.165, 1.54) is 19.6 Å². The van der Waals surface area contributed by atoms with Gasteiger partial charge in [-0.3, -0.25) is 9.63 Å². The van der Waals surface area contributed by atoms with Crippen LogP contribution in [-0.2, 0) is 9.57 Å². The van der Waals surface area contributed by atoms with E-state index in [2.05, 4.69) is 0 Å². The van der Waals surface area contributed by atoms with Gasteiger partial charge >= 0.3 is 5.97 Å². The Morgan fingerprint density at radius 2 is 2.04 bits per heavy atom. The van der Waals surface area contributed by atoms with Crippen molar-refractivity contribution in [1.29, 1.82) is 0 Å². The highest BCUT2D eigenvalue weighted by Gasteiger charge is 2.28. The van der Waals surface area contributed by atoms with Crippen molar-refractivity contribution in [2.75, 3.05) is 26.9 Å². The van der Waals surface area contributed by atoms with Crippen molar-refractivity contribution in [3.05, 3.63) is 29.3 Å². The number of hydrogen-bond acceptors (Lipinski definition) is 6. The Kier molecular flexibility index (Phi) is 5.01. The van der Waals surface area contributed by atoms with E-state index in [0.29, 0.717) is 18.3 Å². The molecule has 7 heteroatoms. The van der Waals surface area contributed by atoms with Crippen LogP contribution in [0, 0.1) is 5.92 Å². The van der Waals surface area contributed by atoms with E-state index in [-0.39, 0.29) is 24.3 Å². The molecule has 1 amide bonds. The van der Waals surface area contributed by atoms with Gasteiger partial charge < -0.3 is 14.6 Å². The number of ether oxygens (including phenoxy) is 2. The minimum absolute atomic E-state index is 0.0769. The molecule has 0 spiro atoms. The third-order valence-corrected chi connectivity index (χ3v) is 4.31. The van der Waals surface area contributed by atoms with Crippen LogP contribution in [0.4, 0.5) is 0 Å². The molecule has 1 aromatic rings. The van der Waals surface area contributed by atoms with E-state index in [1.807, 2.05) is 0 Å². The lowest BCUT2D eigenvalue weighted by atomic mass is 9.86. The van der Waals surface area contributed by atoms with Crippen LogP contribution in [-0.4, -0.2) is 55.0 Å². The Bertz CT molecular complexity index is 628. The summed E-state index contributed by atoms with van der Waals surface area (Å²) in [5.41, 5.74) is 0.502. The maximum absolute atomic E-state index is 12.5. The van der Waals surface area contributed by atoms with Crippen LogP contribution in [0.1, 0.15) is 40.0 Å². The zero-order valence-corrected chi connectivity index (χ0v) is 13.6. The molecule has 1 aliphatic heterocycles. The summed E-state index contributed by atoms with van der Waals surface area (Å²) in [5.74, 6) is 0.0159. The summed E-state index contributed by atoms with van der Waals surface area (Å²) in [5, 5.41) is 10.6. The number of benzene rings is 1. The Hall–Kier alpha value is -2.12. The number of methoxy groups -OCH3 is 1. The van der Waals surface area contributed by atoms with E-state index >= 15 is 0 Å². The van der Waals surface area contributed by atoms with Crippen LogP contribution in [0.25, 0.3) is 0 Å². The molecule has 7 nitrogen and oxygen atoms in total. The summed E-state index contributed by atoms with van der Waals surface area (Å²) in [7, 11) is 1.28. The van der Waals surface area contributed by atoms with E-state index in [1.54, 1.807) is 12.1 Å². The molecule has 0 aromatic heterocycles. The SMILES string of the molecule is COC(=O)c1cc(OCC2CCC2)cc(C(=O)N2CC(O)CO2)c1. The maximum atomic E-state index is 12.5. The molecule has 1 N–H and O–H groups in total. The molecule has 0 radical (unpaired) electrons. The van der Waals surface area contributed by atoms with Gasteiger partial charge in [0, 0.05) is 5.56 Å². The molecular weight excluding hydrogens is 314 g/mol. The second-order valence-electron chi connectivity index (χ2n) is 6.16. The predicted octanol–water partition coefficient (Wildman–Crippen LogP) is 1.40. The molecule has 2 aliphatic rings. The van der Waals surface area contributed by atoms with Crippen molar-refractivity contribution >= 4 is 11.9 Å². The summed E-state index contributed by atoms with van der Waals surface area (Å²) < 4.78 is 10.5. The number of amides is 1. The van der Waals surface area contributed by atoms with Gasteiger partial charge in [-0.05, 0) is 37.0 Å². The Labute approximate surface area is 140 Å². The van der Waals surface area contributed by atoms with Crippen molar-refractivity contribution < 1.29 is 29.0 Å². The maximum Gasteiger partial charge on any atom is 0.338 e. The lowest BCUT2D eigenvalue weighted by molar-refractivity contribution is -0.0779. The monoisotopic (exact) mass is 335 g/mol.